The van der Waals surface area contributed by atoms with E-state index < -0.39 is 0 Å². The number of allylic oxidation sites excluding steroid dienone is 2. The molecule has 0 bridgehead atoms. The molecular formula is C16H15N5O. The summed E-state index contributed by atoms with van der Waals surface area (Å²) >= 11 is 0. The highest BCUT2D eigenvalue weighted by Gasteiger charge is 2.11. The summed E-state index contributed by atoms with van der Waals surface area (Å²) in [5.41, 5.74) is 1.55. The lowest BCUT2D eigenvalue weighted by atomic mass is 10.1. The maximum absolute atomic E-state index is 11.8. The SMILES string of the molecule is Cc1ccc(NC(C#N)=C(C#N)C#N)cc1NC(=O)C(C)C. The number of nitriles is 3. The number of benzene rings is 1. The number of hydrogen-bond donors (Lipinski definition) is 2. The minimum absolute atomic E-state index is 0.119. The van der Waals surface area contributed by atoms with E-state index in [-0.39, 0.29) is 23.1 Å². The number of hydrogen-bond acceptors (Lipinski definition) is 5. The Kier molecular flexibility index (Phi) is 5.69. The lowest BCUT2D eigenvalue weighted by Gasteiger charge is -2.13. The Labute approximate surface area is 129 Å². The highest BCUT2D eigenvalue weighted by Crippen LogP contribution is 2.22. The van der Waals surface area contributed by atoms with Crippen molar-refractivity contribution in [3.63, 3.8) is 0 Å². The molecule has 0 atom stereocenters. The van der Waals surface area contributed by atoms with Crippen molar-refractivity contribution >= 4 is 17.3 Å². The quantitative estimate of drug-likeness (QED) is 0.829. The van der Waals surface area contributed by atoms with Gasteiger partial charge in [0.25, 0.3) is 0 Å². The van der Waals surface area contributed by atoms with Gasteiger partial charge in [-0.2, -0.15) is 15.8 Å². The van der Waals surface area contributed by atoms with Crippen LogP contribution >= 0.6 is 0 Å². The fourth-order valence-electron chi connectivity index (χ4n) is 1.54. The highest BCUT2D eigenvalue weighted by atomic mass is 16.1. The van der Waals surface area contributed by atoms with Crippen molar-refractivity contribution in [1.29, 1.82) is 15.8 Å². The van der Waals surface area contributed by atoms with Crippen LogP contribution in [0.1, 0.15) is 19.4 Å². The minimum Gasteiger partial charge on any atom is -0.345 e. The van der Waals surface area contributed by atoms with Gasteiger partial charge in [-0.1, -0.05) is 19.9 Å². The van der Waals surface area contributed by atoms with Gasteiger partial charge >= 0.3 is 0 Å². The van der Waals surface area contributed by atoms with Gasteiger partial charge in [0.2, 0.25) is 5.91 Å². The molecule has 0 aliphatic heterocycles. The monoisotopic (exact) mass is 293 g/mol. The molecule has 0 unspecified atom stereocenters. The Bertz CT molecular complexity index is 725. The molecular weight excluding hydrogens is 278 g/mol. The number of amides is 1. The van der Waals surface area contributed by atoms with Crippen LogP contribution in [-0.2, 0) is 4.79 Å². The van der Waals surface area contributed by atoms with Crippen LogP contribution in [0, 0.1) is 46.8 Å². The van der Waals surface area contributed by atoms with Crippen molar-refractivity contribution in [3.05, 3.63) is 35.0 Å². The summed E-state index contributed by atoms with van der Waals surface area (Å²) in [6.45, 7) is 5.42. The average molecular weight is 293 g/mol. The summed E-state index contributed by atoms with van der Waals surface area (Å²) in [5, 5.41) is 32.1. The zero-order chi connectivity index (χ0) is 16.7. The van der Waals surface area contributed by atoms with E-state index in [0.717, 1.165) is 5.56 Å². The number of anilines is 2. The first-order valence-electron chi connectivity index (χ1n) is 6.56. The number of carbonyl (C=O) groups excluding carboxylic acids is 1. The molecule has 0 saturated heterocycles. The van der Waals surface area contributed by atoms with Crippen LogP contribution in [0.15, 0.2) is 29.5 Å². The van der Waals surface area contributed by atoms with Crippen molar-refractivity contribution in [1.82, 2.24) is 0 Å². The summed E-state index contributed by atoms with van der Waals surface area (Å²) in [5.74, 6) is -0.277. The molecule has 110 valence electrons. The largest absolute Gasteiger partial charge is 0.345 e. The Balaban J connectivity index is 3.12. The Hall–Kier alpha value is -3.30. The first-order valence-corrected chi connectivity index (χ1v) is 6.56. The predicted molar refractivity (Wildman–Crippen MR) is 82.1 cm³/mol. The lowest BCUT2D eigenvalue weighted by molar-refractivity contribution is -0.118. The van der Waals surface area contributed by atoms with Crippen molar-refractivity contribution in [2.75, 3.05) is 10.6 Å². The third-order valence-electron chi connectivity index (χ3n) is 2.87. The maximum atomic E-state index is 11.8. The van der Waals surface area contributed by atoms with E-state index in [1.165, 1.54) is 0 Å². The molecule has 6 nitrogen and oxygen atoms in total. The third kappa shape index (κ3) is 4.10. The Morgan fingerprint density at radius 3 is 2.23 bits per heavy atom. The molecule has 0 aliphatic rings. The Morgan fingerprint density at radius 2 is 1.73 bits per heavy atom. The summed E-state index contributed by atoms with van der Waals surface area (Å²) < 4.78 is 0. The first kappa shape index (κ1) is 16.8. The third-order valence-corrected chi connectivity index (χ3v) is 2.87. The van der Waals surface area contributed by atoms with Crippen LogP contribution in [0.3, 0.4) is 0 Å². The predicted octanol–water partition coefficient (Wildman–Crippen LogP) is 2.83. The van der Waals surface area contributed by atoms with Gasteiger partial charge in [-0.25, -0.2) is 0 Å². The van der Waals surface area contributed by atoms with Gasteiger partial charge in [0.15, 0.2) is 5.57 Å². The van der Waals surface area contributed by atoms with Crippen LogP contribution in [-0.4, -0.2) is 5.91 Å². The van der Waals surface area contributed by atoms with Crippen molar-refractivity contribution in [2.45, 2.75) is 20.8 Å². The zero-order valence-corrected chi connectivity index (χ0v) is 12.6. The molecule has 0 aromatic heterocycles. The van der Waals surface area contributed by atoms with Gasteiger partial charge < -0.3 is 10.6 Å². The number of rotatable bonds is 4. The van der Waals surface area contributed by atoms with E-state index >= 15 is 0 Å². The zero-order valence-electron chi connectivity index (χ0n) is 12.6. The number of aryl methyl sites for hydroxylation is 1. The van der Waals surface area contributed by atoms with Gasteiger partial charge in [-0.3, -0.25) is 4.79 Å². The van der Waals surface area contributed by atoms with Gasteiger partial charge in [0, 0.05) is 17.3 Å². The van der Waals surface area contributed by atoms with Crippen LogP contribution in [0.4, 0.5) is 11.4 Å². The maximum Gasteiger partial charge on any atom is 0.226 e. The van der Waals surface area contributed by atoms with E-state index in [9.17, 15) is 4.79 Å². The van der Waals surface area contributed by atoms with E-state index in [1.54, 1.807) is 50.3 Å². The highest BCUT2D eigenvalue weighted by molar-refractivity contribution is 5.93. The number of carbonyl (C=O) groups is 1. The van der Waals surface area contributed by atoms with E-state index in [2.05, 4.69) is 10.6 Å². The molecule has 1 aromatic rings. The molecule has 6 heteroatoms. The molecule has 0 heterocycles. The summed E-state index contributed by atoms with van der Waals surface area (Å²) in [7, 11) is 0. The van der Waals surface area contributed by atoms with Gasteiger partial charge in [0.1, 0.15) is 23.9 Å². The summed E-state index contributed by atoms with van der Waals surface area (Å²) in [4.78, 5) is 11.8. The molecule has 2 N–H and O–H groups in total. The van der Waals surface area contributed by atoms with Gasteiger partial charge in [-0.15, -0.1) is 0 Å². The molecule has 0 fully saturated rings. The van der Waals surface area contributed by atoms with Gasteiger partial charge in [-0.05, 0) is 24.6 Å². The summed E-state index contributed by atoms with van der Waals surface area (Å²) in [6, 6.07) is 10.2. The molecule has 1 rings (SSSR count). The molecule has 22 heavy (non-hydrogen) atoms. The average Bonchev–Trinajstić information content (AvgIpc) is 2.50. The molecule has 0 radical (unpaired) electrons. The van der Waals surface area contributed by atoms with Crippen LogP contribution < -0.4 is 10.6 Å². The fraction of sp³-hybridized carbons (Fsp3) is 0.250. The Morgan fingerprint density at radius 1 is 1.09 bits per heavy atom. The number of nitrogens with zero attached hydrogens (tertiary/aromatic N) is 3. The molecule has 0 spiro atoms. The lowest BCUT2D eigenvalue weighted by Crippen LogP contribution is -2.18. The fourth-order valence-corrected chi connectivity index (χ4v) is 1.54. The van der Waals surface area contributed by atoms with E-state index in [1.807, 2.05) is 6.92 Å². The van der Waals surface area contributed by atoms with E-state index in [4.69, 9.17) is 15.8 Å². The second-order valence-corrected chi connectivity index (χ2v) is 4.88. The smallest absolute Gasteiger partial charge is 0.226 e. The van der Waals surface area contributed by atoms with Crippen LogP contribution in [0.2, 0.25) is 0 Å². The van der Waals surface area contributed by atoms with Crippen molar-refractivity contribution in [2.24, 2.45) is 5.92 Å². The van der Waals surface area contributed by atoms with Crippen molar-refractivity contribution in [3.8, 4) is 18.2 Å². The minimum atomic E-state index is -0.296. The first-order chi connectivity index (χ1) is 10.4. The summed E-state index contributed by atoms with van der Waals surface area (Å²) in [6.07, 6.45) is 0. The van der Waals surface area contributed by atoms with E-state index in [0.29, 0.717) is 11.4 Å². The molecule has 0 saturated carbocycles. The molecule has 0 aliphatic carbocycles. The van der Waals surface area contributed by atoms with Gasteiger partial charge in [0.05, 0.1) is 0 Å². The number of nitrogens with one attached hydrogen (secondary N) is 2. The molecule has 1 amide bonds. The van der Waals surface area contributed by atoms with Crippen LogP contribution in [0.5, 0.6) is 0 Å². The van der Waals surface area contributed by atoms with Crippen molar-refractivity contribution < 1.29 is 4.79 Å². The second-order valence-electron chi connectivity index (χ2n) is 4.88. The normalized spacial score (nSPS) is 9.14. The second kappa shape index (κ2) is 7.47. The van der Waals surface area contributed by atoms with Crippen LogP contribution in [0.25, 0.3) is 0 Å². The standard InChI is InChI=1S/C16H15N5O/c1-10(2)16(22)21-14-6-13(5-4-11(14)3)20-15(9-19)12(7-17)8-18/h4-6,10,20H,1-3H3,(H,21,22). The topological polar surface area (TPSA) is 112 Å². The molecule has 1 aromatic carbocycles.